The number of thiazole rings is 1. The number of fused-ring (bicyclic) bond motifs is 1. The minimum Gasteiger partial charge on any atom is -0.320 e. The molecule has 0 aromatic carbocycles. The third-order valence-corrected chi connectivity index (χ3v) is 3.45. The highest BCUT2D eigenvalue weighted by atomic mass is 32.1. The van der Waals surface area contributed by atoms with Gasteiger partial charge in [-0.15, -0.1) is 11.3 Å². The van der Waals surface area contributed by atoms with Crippen LogP contribution in [0.4, 0.5) is 0 Å². The van der Waals surface area contributed by atoms with Crippen LogP contribution in [0.5, 0.6) is 0 Å². The standard InChI is InChI=1S/C9H11N3S/c1-6-7(9(10)2-3-9)12-4-5-13-8(12)11-6/h4-5H,2-3,10H2,1H3. The third kappa shape index (κ3) is 0.899. The summed E-state index contributed by atoms with van der Waals surface area (Å²) in [5, 5.41) is 2.05. The lowest BCUT2D eigenvalue weighted by Gasteiger charge is -2.07. The summed E-state index contributed by atoms with van der Waals surface area (Å²) in [5.41, 5.74) is 8.40. The summed E-state index contributed by atoms with van der Waals surface area (Å²) in [7, 11) is 0. The molecule has 0 aliphatic heterocycles. The molecule has 3 rings (SSSR count). The van der Waals surface area contributed by atoms with Crippen molar-refractivity contribution in [3.8, 4) is 0 Å². The smallest absolute Gasteiger partial charge is 0.194 e. The van der Waals surface area contributed by atoms with Crippen molar-refractivity contribution in [1.29, 1.82) is 0 Å². The lowest BCUT2D eigenvalue weighted by atomic mass is 10.1. The fourth-order valence-corrected chi connectivity index (χ4v) is 2.63. The summed E-state index contributed by atoms with van der Waals surface area (Å²) in [5.74, 6) is 0. The zero-order valence-corrected chi connectivity index (χ0v) is 8.27. The summed E-state index contributed by atoms with van der Waals surface area (Å²) in [6.07, 6.45) is 4.25. The molecule has 1 saturated carbocycles. The fourth-order valence-electron chi connectivity index (χ4n) is 1.87. The first-order valence-electron chi connectivity index (χ1n) is 4.42. The molecule has 2 heterocycles. The van der Waals surface area contributed by atoms with Crippen molar-refractivity contribution in [2.75, 3.05) is 0 Å². The van der Waals surface area contributed by atoms with E-state index in [2.05, 4.69) is 21.0 Å². The number of nitrogens with zero attached hydrogens (tertiary/aromatic N) is 2. The van der Waals surface area contributed by atoms with Crippen molar-refractivity contribution in [3.05, 3.63) is 23.0 Å². The summed E-state index contributed by atoms with van der Waals surface area (Å²) in [4.78, 5) is 5.54. The molecule has 0 atom stereocenters. The van der Waals surface area contributed by atoms with E-state index in [1.807, 2.05) is 6.92 Å². The second kappa shape index (κ2) is 2.13. The Labute approximate surface area is 80.2 Å². The topological polar surface area (TPSA) is 43.3 Å². The highest BCUT2D eigenvalue weighted by Gasteiger charge is 2.44. The van der Waals surface area contributed by atoms with Gasteiger partial charge in [-0.3, -0.25) is 4.40 Å². The van der Waals surface area contributed by atoms with E-state index >= 15 is 0 Å². The molecule has 1 fully saturated rings. The first kappa shape index (κ1) is 7.53. The molecule has 2 aromatic heterocycles. The third-order valence-electron chi connectivity index (χ3n) is 2.70. The molecule has 68 valence electrons. The Morgan fingerprint density at radius 1 is 1.62 bits per heavy atom. The highest BCUT2D eigenvalue weighted by Crippen LogP contribution is 2.44. The van der Waals surface area contributed by atoms with Crippen molar-refractivity contribution in [1.82, 2.24) is 9.38 Å². The molecule has 0 bridgehead atoms. The van der Waals surface area contributed by atoms with Gasteiger partial charge in [0.25, 0.3) is 0 Å². The Balaban J connectivity index is 2.35. The molecule has 0 unspecified atom stereocenters. The van der Waals surface area contributed by atoms with Gasteiger partial charge < -0.3 is 5.73 Å². The van der Waals surface area contributed by atoms with Gasteiger partial charge in [-0.25, -0.2) is 4.98 Å². The van der Waals surface area contributed by atoms with Crippen molar-refractivity contribution < 1.29 is 0 Å². The van der Waals surface area contributed by atoms with Crippen LogP contribution in [-0.4, -0.2) is 9.38 Å². The zero-order chi connectivity index (χ0) is 9.05. The number of nitrogens with two attached hydrogens (primary N) is 1. The molecular weight excluding hydrogens is 182 g/mol. The Bertz CT molecular complexity index is 464. The first-order valence-corrected chi connectivity index (χ1v) is 5.30. The van der Waals surface area contributed by atoms with Crippen molar-refractivity contribution >= 4 is 16.3 Å². The van der Waals surface area contributed by atoms with Gasteiger partial charge in [0.15, 0.2) is 4.96 Å². The van der Waals surface area contributed by atoms with E-state index in [0.29, 0.717) is 0 Å². The van der Waals surface area contributed by atoms with Crippen LogP contribution in [0.25, 0.3) is 4.96 Å². The Morgan fingerprint density at radius 3 is 3.08 bits per heavy atom. The van der Waals surface area contributed by atoms with E-state index in [4.69, 9.17) is 5.73 Å². The first-order chi connectivity index (χ1) is 6.21. The second-order valence-electron chi connectivity index (χ2n) is 3.76. The molecule has 0 spiro atoms. The van der Waals surface area contributed by atoms with E-state index in [1.54, 1.807) is 11.3 Å². The summed E-state index contributed by atoms with van der Waals surface area (Å²) >= 11 is 1.66. The van der Waals surface area contributed by atoms with E-state index in [-0.39, 0.29) is 5.54 Å². The van der Waals surface area contributed by atoms with Gasteiger partial charge in [-0.05, 0) is 19.8 Å². The highest BCUT2D eigenvalue weighted by molar-refractivity contribution is 7.15. The number of hydrogen-bond acceptors (Lipinski definition) is 3. The number of imidazole rings is 1. The van der Waals surface area contributed by atoms with Crippen LogP contribution in [0.1, 0.15) is 24.2 Å². The average Bonchev–Trinajstić information content (AvgIpc) is 2.55. The maximum absolute atomic E-state index is 6.18. The molecule has 1 aliphatic rings. The lowest BCUT2D eigenvalue weighted by Crippen LogP contribution is -2.21. The van der Waals surface area contributed by atoms with Gasteiger partial charge >= 0.3 is 0 Å². The monoisotopic (exact) mass is 193 g/mol. The Kier molecular flexibility index (Phi) is 1.24. The van der Waals surface area contributed by atoms with Crippen LogP contribution < -0.4 is 5.73 Å². The molecule has 1 aliphatic carbocycles. The van der Waals surface area contributed by atoms with Crippen LogP contribution >= 0.6 is 11.3 Å². The number of aryl methyl sites for hydroxylation is 1. The maximum Gasteiger partial charge on any atom is 0.194 e. The predicted molar refractivity (Wildman–Crippen MR) is 52.9 cm³/mol. The minimum atomic E-state index is -0.0788. The molecule has 3 nitrogen and oxygen atoms in total. The van der Waals surface area contributed by atoms with Crippen LogP contribution in [0.3, 0.4) is 0 Å². The van der Waals surface area contributed by atoms with Crippen molar-refractivity contribution in [2.45, 2.75) is 25.3 Å². The fraction of sp³-hybridized carbons (Fsp3) is 0.444. The van der Waals surface area contributed by atoms with Crippen molar-refractivity contribution in [2.24, 2.45) is 5.73 Å². The van der Waals surface area contributed by atoms with E-state index in [9.17, 15) is 0 Å². The van der Waals surface area contributed by atoms with Crippen molar-refractivity contribution in [3.63, 3.8) is 0 Å². The van der Waals surface area contributed by atoms with Gasteiger partial charge in [0.2, 0.25) is 0 Å². The molecule has 4 heteroatoms. The number of rotatable bonds is 1. The molecule has 2 aromatic rings. The number of hydrogen-bond donors (Lipinski definition) is 1. The molecule has 13 heavy (non-hydrogen) atoms. The average molecular weight is 193 g/mol. The zero-order valence-electron chi connectivity index (χ0n) is 7.45. The largest absolute Gasteiger partial charge is 0.320 e. The van der Waals surface area contributed by atoms with Gasteiger partial charge in [0.05, 0.1) is 16.9 Å². The van der Waals surface area contributed by atoms with Gasteiger partial charge in [-0.2, -0.15) is 0 Å². The second-order valence-corrected chi connectivity index (χ2v) is 4.63. The Hall–Kier alpha value is -0.870. The van der Waals surface area contributed by atoms with Crippen LogP contribution in [0, 0.1) is 6.92 Å². The van der Waals surface area contributed by atoms with Gasteiger partial charge in [-0.1, -0.05) is 0 Å². The van der Waals surface area contributed by atoms with Crippen LogP contribution in [0.2, 0.25) is 0 Å². The minimum absolute atomic E-state index is 0.0788. The molecule has 0 amide bonds. The predicted octanol–water partition coefficient (Wildman–Crippen LogP) is 1.65. The summed E-state index contributed by atoms with van der Waals surface area (Å²) < 4.78 is 2.13. The Morgan fingerprint density at radius 2 is 2.38 bits per heavy atom. The SMILES string of the molecule is Cc1nc2sccn2c1C1(N)CC1. The van der Waals surface area contributed by atoms with Gasteiger partial charge in [0, 0.05) is 11.6 Å². The maximum atomic E-state index is 6.18. The summed E-state index contributed by atoms with van der Waals surface area (Å²) in [6.45, 7) is 2.04. The number of aromatic nitrogens is 2. The van der Waals surface area contributed by atoms with E-state index in [1.165, 1.54) is 5.69 Å². The van der Waals surface area contributed by atoms with E-state index < -0.39 is 0 Å². The lowest BCUT2D eigenvalue weighted by molar-refractivity contribution is 0.693. The normalized spacial score (nSPS) is 19.5. The van der Waals surface area contributed by atoms with Crippen LogP contribution in [-0.2, 0) is 5.54 Å². The molecule has 2 N–H and O–H groups in total. The van der Waals surface area contributed by atoms with Crippen LogP contribution in [0.15, 0.2) is 11.6 Å². The van der Waals surface area contributed by atoms with Gasteiger partial charge in [0.1, 0.15) is 0 Å². The molecular formula is C9H11N3S. The van der Waals surface area contributed by atoms with E-state index in [0.717, 1.165) is 23.5 Å². The molecule has 0 saturated heterocycles. The quantitative estimate of drug-likeness (QED) is 0.748. The molecule has 0 radical (unpaired) electrons. The summed E-state index contributed by atoms with van der Waals surface area (Å²) in [6, 6.07) is 0.